The molecule has 0 radical (unpaired) electrons. The molecule has 0 aromatic heterocycles. The van der Waals surface area contributed by atoms with Gasteiger partial charge in [0.15, 0.2) is 0 Å². The summed E-state index contributed by atoms with van der Waals surface area (Å²) in [5, 5.41) is 0. The van der Waals surface area contributed by atoms with Crippen molar-refractivity contribution >= 4 is 11.9 Å². The number of rotatable bonds is 9. The van der Waals surface area contributed by atoms with E-state index in [2.05, 4.69) is 18.2 Å². The predicted molar refractivity (Wildman–Crippen MR) is 73.0 cm³/mol. The van der Waals surface area contributed by atoms with E-state index in [1.807, 2.05) is 0 Å². The van der Waals surface area contributed by atoms with Gasteiger partial charge in [0.2, 0.25) is 0 Å². The molecular weight excluding hydrogens is 228 g/mol. The third kappa shape index (κ3) is 9.82. The number of esters is 2. The molecule has 0 aromatic rings. The summed E-state index contributed by atoms with van der Waals surface area (Å²) in [6, 6.07) is 0. The molecule has 0 bridgehead atoms. The van der Waals surface area contributed by atoms with E-state index >= 15 is 0 Å². The molecule has 0 heterocycles. The van der Waals surface area contributed by atoms with Crippen molar-refractivity contribution in [1.82, 2.24) is 0 Å². The Morgan fingerprint density at radius 3 is 2.33 bits per heavy atom. The molecule has 3 heteroatoms. The van der Waals surface area contributed by atoms with Gasteiger partial charge in [0.25, 0.3) is 0 Å². The Balaban J connectivity index is 3.55. The number of hydrogen-bond donors (Lipinski definition) is 0. The molecule has 18 heavy (non-hydrogen) atoms. The molecule has 0 spiro atoms. The second-order valence-electron chi connectivity index (χ2n) is 4.45. The minimum absolute atomic E-state index is 0.229. The second kappa shape index (κ2) is 10.8. The van der Waals surface area contributed by atoms with Crippen molar-refractivity contribution in [3.05, 3.63) is 24.3 Å². The molecule has 102 valence electrons. The van der Waals surface area contributed by atoms with Crippen molar-refractivity contribution in [2.24, 2.45) is 0 Å². The van der Waals surface area contributed by atoms with Crippen molar-refractivity contribution in [1.29, 1.82) is 0 Å². The second-order valence-corrected chi connectivity index (χ2v) is 4.45. The summed E-state index contributed by atoms with van der Waals surface area (Å²) in [6.45, 7) is 7.11. The highest BCUT2D eigenvalue weighted by molar-refractivity contribution is 5.98. The first kappa shape index (κ1) is 16.6. The van der Waals surface area contributed by atoms with Gasteiger partial charge in [-0.05, 0) is 19.8 Å². The van der Waals surface area contributed by atoms with Crippen LogP contribution in [0.25, 0.3) is 0 Å². The van der Waals surface area contributed by atoms with Crippen molar-refractivity contribution in [2.75, 3.05) is 0 Å². The van der Waals surface area contributed by atoms with Crippen LogP contribution in [-0.4, -0.2) is 11.9 Å². The number of allylic oxidation sites excluding steroid dienone is 1. The van der Waals surface area contributed by atoms with E-state index in [0.717, 1.165) is 12.8 Å². The first-order valence-electron chi connectivity index (χ1n) is 6.66. The fourth-order valence-corrected chi connectivity index (χ4v) is 1.43. The summed E-state index contributed by atoms with van der Waals surface area (Å²) >= 11 is 0. The molecule has 3 nitrogen and oxygen atoms in total. The summed E-state index contributed by atoms with van der Waals surface area (Å²) in [5.74, 6) is -1.28. The molecular formula is C15H24O3. The van der Waals surface area contributed by atoms with Crippen molar-refractivity contribution in [2.45, 2.75) is 58.8 Å². The summed E-state index contributed by atoms with van der Waals surface area (Å²) in [4.78, 5) is 22.2. The molecule has 0 N–H and O–H groups in total. The summed E-state index contributed by atoms with van der Waals surface area (Å²) in [5.41, 5.74) is 0.229. The van der Waals surface area contributed by atoms with Gasteiger partial charge >= 0.3 is 11.9 Å². The summed E-state index contributed by atoms with van der Waals surface area (Å²) < 4.78 is 4.51. The van der Waals surface area contributed by atoms with Gasteiger partial charge in [-0.15, -0.1) is 0 Å². The quantitative estimate of drug-likeness (QED) is 0.270. The molecule has 0 aromatic carbocycles. The van der Waals surface area contributed by atoms with Crippen LogP contribution >= 0.6 is 0 Å². The van der Waals surface area contributed by atoms with Gasteiger partial charge in [-0.2, -0.15) is 0 Å². The molecule has 0 aliphatic heterocycles. The zero-order chi connectivity index (χ0) is 13.8. The molecule has 0 saturated carbocycles. The molecule has 0 rings (SSSR count). The molecule has 0 aliphatic carbocycles. The minimum Gasteiger partial charge on any atom is -0.386 e. The lowest BCUT2D eigenvalue weighted by Gasteiger charge is -1.98. The lowest BCUT2D eigenvalue weighted by atomic mass is 10.1. The fraction of sp³-hybridized carbons (Fsp3) is 0.600. The lowest BCUT2D eigenvalue weighted by Crippen LogP contribution is -2.10. The van der Waals surface area contributed by atoms with Gasteiger partial charge in [-0.3, -0.25) is 0 Å². The topological polar surface area (TPSA) is 43.4 Å². The zero-order valence-electron chi connectivity index (χ0n) is 11.5. The zero-order valence-corrected chi connectivity index (χ0v) is 11.5. The fourth-order valence-electron chi connectivity index (χ4n) is 1.43. The highest BCUT2D eigenvalue weighted by Crippen LogP contribution is 2.07. The number of hydrogen-bond acceptors (Lipinski definition) is 3. The van der Waals surface area contributed by atoms with E-state index in [-0.39, 0.29) is 5.57 Å². The van der Waals surface area contributed by atoms with Crippen LogP contribution in [0.4, 0.5) is 0 Å². The van der Waals surface area contributed by atoms with Crippen molar-refractivity contribution in [3.63, 3.8) is 0 Å². The monoisotopic (exact) mass is 252 g/mol. The van der Waals surface area contributed by atoms with Gasteiger partial charge < -0.3 is 4.74 Å². The Labute approximate surface area is 110 Å². The summed E-state index contributed by atoms with van der Waals surface area (Å²) in [6.07, 6.45) is 11.3. The lowest BCUT2D eigenvalue weighted by molar-refractivity contribution is -0.153. The number of ether oxygens (including phenoxy) is 1. The Morgan fingerprint density at radius 2 is 1.72 bits per heavy atom. The third-order valence-electron chi connectivity index (χ3n) is 2.52. The summed E-state index contributed by atoms with van der Waals surface area (Å²) in [7, 11) is 0. The Bertz CT molecular complexity index is 303. The van der Waals surface area contributed by atoms with Gasteiger partial charge in [0.1, 0.15) is 0 Å². The first-order valence-corrected chi connectivity index (χ1v) is 6.66. The number of carbonyl (C=O) groups excluding carboxylic acids is 2. The van der Waals surface area contributed by atoms with Crippen LogP contribution in [0.15, 0.2) is 24.3 Å². The van der Waals surface area contributed by atoms with Crippen LogP contribution in [-0.2, 0) is 14.3 Å². The number of unbranched alkanes of at least 4 members (excludes halogenated alkanes) is 6. The van der Waals surface area contributed by atoms with Crippen LogP contribution in [0, 0.1) is 0 Å². The van der Waals surface area contributed by atoms with Crippen molar-refractivity contribution in [3.8, 4) is 0 Å². The third-order valence-corrected chi connectivity index (χ3v) is 2.52. The van der Waals surface area contributed by atoms with Gasteiger partial charge in [0.05, 0.1) is 0 Å². The van der Waals surface area contributed by atoms with Gasteiger partial charge in [-0.25, -0.2) is 9.59 Å². The first-order chi connectivity index (χ1) is 8.57. The average molecular weight is 252 g/mol. The maximum absolute atomic E-state index is 11.2. The maximum Gasteiger partial charge on any atom is 0.340 e. The van der Waals surface area contributed by atoms with Crippen LogP contribution in [0.3, 0.4) is 0 Å². The van der Waals surface area contributed by atoms with Crippen molar-refractivity contribution < 1.29 is 14.3 Å². The van der Waals surface area contributed by atoms with Crippen LogP contribution < -0.4 is 0 Å². The minimum atomic E-state index is -0.663. The highest BCUT2D eigenvalue weighted by atomic mass is 16.6. The molecule has 0 saturated heterocycles. The van der Waals surface area contributed by atoms with Crippen LogP contribution in [0.5, 0.6) is 0 Å². The molecule has 0 fully saturated rings. The van der Waals surface area contributed by atoms with E-state index in [1.54, 1.807) is 6.08 Å². The van der Waals surface area contributed by atoms with E-state index in [9.17, 15) is 9.59 Å². The maximum atomic E-state index is 11.2. The van der Waals surface area contributed by atoms with Gasteiger partial charge in [-0.1, -0.05) is 51.7 Å². The Morgan fingerprint density at radius 1 is 1.11 bits per heavy atom. The predicted octanol–water partition coefficient (Wildman–Crippen LogP) is 3.94. The number of carbonyl (C=O) groups is 2. The molecule has 0 unspecified atom stereocenters. The average Bonchev–Trinajstić information content (AvgIpc) is 2.32. The SMILES string of the molecule is C=C(C)C(=O)OC(=O)C=CCCCCCCCC. The Kier molecular flexibility index (Phi) is 9.93. The van der Waals surface area contributed by atoms with E-state index < -0.39 is 11.9 Å². The van der Waals surface area contributed by atoms with Gasteiger partial charge in [0, 0.05) is 11.6 Å². The van der Waals surface area contributed by atoms with E-state index in [1.165, 1.54) is 45.1 Å². The van der Waals surface area contributed by atoms with E-state index in [4.69, 9.17) is 0 Å². The standard InChI is InChI=1S/C15H24O3/c1-4-5-6-7-8-9-10-11-12-14(16)18-15(17)13(2)3/h11-12H,2,4-10H2,1,3H3. The molecule has 0 atom stereocenters. The molecule has 0 aliphatic rings. The smallest absolute Gasteiger partial charge is 0.340 e. The van der Waals surface area contributed by atoms with Crippen LogP contribution in [0.2, 0.25) is 0 Å². The van der Waals surface area contributed by atoms with E-state index in [0.29, 0.717) is 0 Å². The van der Waals surface area contributed by atoms with Crippen LogP contribution in [0.1, 0.15) is 58.8 Å². The largest absolute Gasteiger partial charge is 0.386 e. The Hall–Kier alpha value is -1.38. The normalized spacial score (nSPS) is 10.6. The highest BCUT2D eigenvalue weighted by Gasteiger charge is 2.07. The molecule has 0 amide bonds.